The van der Waals surface area contributed by atoms with Gasteiger partial charge in [0, 0.05) is 35.7 Å². The Morgan fingerprint density at radius 3 is 2.32 bits per heavy atom. The fraction of sp³-hybridized carbons (Fsp3) is 0.348. The molecule has 2 amide bonds. The number of carbonyl (C=O) groups excluding carboxylic acids is 3. The number of benzene rings is 2. The van der Waals surface area contributed by atoms with Crippen LogP contribution in [0.5, 0.6) is 0 Å². The quantitative estimate of drug-likeness (QED) is 0.724. The van der Waals surface area contributed by atoms with Crippen LogP contribution in [0.2, 0.25) is 0 Å². The maximum absolute atomic E-state index is 12.4. The Labute approximate surface area is 164 Å². The van der Waals surface area contributed by atoms with Gasteiger partial charge in [-0.05, 0) is 73.6 Å². The lowest BCUT2D eigenvalue weighted by molar-refractivity contribution is -0.116. The van der Waals surface area contributed by atoms with Gasteiger partial charge in [-0.1, -0.05) is 12.1 Å². The third-order valence-electron chi connectivity index (χ3n) is 5.34. The highest BCUT2D eigenvalue weighted by molar-refractivity contribution is 6.00. The summed E-state index contributed by atoms with van der Waals surface area (Å²) in [6, 6.07) is 13.0. The highest BCUT2D eigenvalue weighted by atomic mass is 16.2. The largest absolute Gasteiger partial charge is 0.349 e. The summed E-state index contributed by atoms with van der Waals surface area (Å²) in [5.41, 5.74) is 4.50. The van der Waals surface area contributed by atoms with Crippen LogP contribution in [0.1, 0.15) is 63.9 Å². The van der Waals surface area contributed by atoms with E-state index in [1.54, 1.807) is 24.3 Å². The van der Waals surface area contributed by atoms with Crippen molar-refractivity contribution in [2.45, 2.75) is 51.0 Å². The molecule has 0 aromatic heterocycles. The van der Waals surface area contributed by atoms with Gasteiger partial charge in [-0.2, -0.15) is 0 Å². The summed E-state index contributed by atoms with van der Waals surface area (Å²) in [6.45, 7) is 0. The van der Waals surface area contributed by atoms with Gasteiger partial charge in [0.05, 0.1) is 0 Å². The second-order valence-electron chi connectivity index (χ2n) is 7.63. The molecule has 4 rings (SSSR count). The third kappa shape index (κ3) is 4.47. The number of hydrogen-bond acceptors (Lipinski definition) is 3. The van der Waals surface area contributed by atoms with E-state index in [0.717, 1.165) is 32.1 Å². The van der Waals surface area contributed by atoms with Gasteiger partial charge in [0.25, 0.3) is 5.91 Å². The second kappa shape index (κ2) is 7.97. The zero-order valence-electron chi connectivity index (χ0n) is 15.8. The van der Waals surface area contributed by atoms with Crippen molar-refractivity contribution in [3.05, 3.63) is 64.7 Å². The van der Waals surface area contributed by atoms with Crippen LogP contribution in [-0.2, 0) is 17.6 Å². The van der Waals surface area contributed by atoms with Gasteiger partial charge >= 0.3 is 0 Å². The Bertz CT molecular complexity index is 914. The van der Waals surface area contributed by atoms with E-state index >= 15 is 0 Å². The second-order valence-corrected chi connectivity index (χ2v) is 7.63. The van der Waals surface area contributed by atoms with Crippen LogP contribution in [0.4, 0.5) is 5.69 Å². The minimum absolute atomic E-state index is 0.00283. The van der Waals surface area contributed by atoms with E-state index in [9.17, 15) is 14.4 Å². The number of anilines is 1. The molecule has 2 N–H and O–H groups in total. The maximum atomic E-state index is 12.4. The third-order valence-corrected chi connectivity index (χ3v) is 5.34. The number of Topliss-reactive ketones (excluding diaryl/α,β-unsaturated/α-hetero) is 1. The Morgan fingerprint density at radius 1 is 0.857 bits per heavy atom. The molecule has 0 heterocycles. The summed E-state index contributed by atoms with van der Waals surface area (Å²) < 4.78 is 0. The first-order chi connectivity index (χ1) is 13.6. The zero-order chi connectivity index (χ0) is 19.5. The van der Waals surface area contributed by atoms with Crippen molar-refractivity contribution in [3.63, 3.8) is 0 Å². The molecule has 0 atom stereocenters. The number of aryl methyl sites for hydroxylation is 2. The van der Waals surface area contributed by atoms with Gasteiger partial charge < -0.3 is 10.6 Å². The van der Waals surface area contributed by atoms with Gasteiger partial charge in [-0.15, -0.1) is 0 Å². The van der Waals surface area contributed by atoms with E-state index in [2.05, 4.69) is 10.6 Å². The first kappa shape index (κ1) is 18.4. The minimum atomic E-state index is -0.204. The first-order valence-corrected chi connectivity index (χ1v) is 9.94. The molecule has 5 nitrogen and oxygen atoms in total. The zero-order valence-corrected chi connectivity index (χ0v) is 15.8. The average Bonchev–Trinajstić information content (AvgIpc) is 3.39. The van der Waals surface area contributed by atoms with Gasteiger partial charge in [-0.3, -0.25) is 14.4 Å². The van der Waals surface area contributed by atoms with E-state index < -0.39 is 0 Å². The van der Waals surface area contributed by atoms with Crippen LogP contribution in [-0.4, -0.2) is 23.6 Å². The number of amides is 2. The first-order valence-electron chi connectivity index (χ1n) is 9.94. The lowest BCUT2D eigenvalue weighted by Crippen LogP contribution is -2.25. The van der Waals surface area contributed by atoms with Crippen molar-refractivity contribution in [2.75, 3.05) is 5.32 Å². The van der Waals surface area contributed by atoms with Crippen LogP contribution in [0.25, 0.3) is 0 Å². The monoisotopic (exact) mass is 376 g/mol. The molecule has 144 valence electrons. The molecule has 2 aromatic carbocycles. The Hall–Kier alpha value is -2.95. The van der Waals surface area contributed by atoms with Crippen molar-refractivity contribution in [3.8, 4) is 0 Å². The number of fused-ring (bicyclic) bond motifs is 1. The maximum Gasteiger partial charge on any atom is 0.251 e. The van der Waals surface area contributed by atoms with E-state index in [1.807, 2.05) is 18.2 Å². The Balaban J connectivity index is 1.27. The van der Waals surface area contributed by atoms with Crippen LogP contribution in [0, 0.1) is 0 Å². The topological polar surface area (TPSA) is 75.3 Å². The normalized spacial score (nSPS) is 15.0. The van der Waals surface area contributed by atoms with E-state index in [-0.39, 0.29) is 30.4 Å². The molecule has 2 aliphatic carbocycles. The molecule has 0 radical (unpaired) electrons. The Morgan fingerprint density at radius 2 is 1.57 bits per heavy atom. The fourth-order valence-corrected chi connectivity index (χ4v) is 3.54. The average molecular weight is 376 g/mol. The number of ketones is 1. The van der Waals surface area contributed by atoms with Crippen molar-refractivity contribution in [1.82, 2.24) is 5.32 Å². The predicted octanol–water partition coefficient (Wildman–Crippen LogP) is 3.67. The Kier molecular flexibility index (Phi) is 5.24. The molecule has 0 spiro atoms. The summed E-state index contributed by atoms with van der Waals surface area (Å²) in [5.74, 6) is -0.290. The lowest BCUT2D eigenvalue weighted by Gasteiger charge is -2.08. The molecule has 2 aliphatic rings. The molecule has 1 fully saturated rings. The molecule has 0 aliphatic heterocycles. The van der Waals surface area contributed by atoms with E-state index in [0.29, 0.717) is 22.9 Å². The van der Waals surface area contributed by atoms with Crippen molar-refractivity contribution >= 4 is 23.3 Å². The summed E-state index contributed by atoms with van der Waals surface area (Å²) >= 11 is 0. The van der Waals surface area contributed by atoms with Crippen molar-refractivity contribution < 1.29 is 14.4 Å². The number of hydrogen-bond donors (Lipinski definition) is 2. The minimum Gasteiger partial charge on any atom is -0.349 e. The van der Waals surface area contributed by atoms with Crippen molar-refractivity contribution in [2.24, 2.45) is 0 Å². The van der Waals surface area contributed by atoms with Crippen LogP contribution >= 0.6 is 0 Å². The molecular weight excluding hydrogens is 352 g/mol. The fourth-order valence-electron chi connectivity index (χ4n) is 3.54. The highest BCUT2D eigenvalue weighted by Gasteiger charge is 2.23. The molecule has 1 saturated carbocycles. The number of nitrogens with one attached hydrogen (secondary N) is 2. The number of carbonyl (C=O) groups is 3. The van der Waals surface area contributed by atoms with E-state index in [4.69, 9.17) is 0 Å². The van der Waals surface area contributed by atoms with Gasteiger partial charge in [0.1, 0.15) is 0 Å². The number of rotatable bonds is 7. The van der Waals surface area contributed by atoms with Crippen LogP contribution in [0.3, 0.4) is 0 Å². The highest BCUT2D eigenvalue weighted by Crippen LogP contribution is 2.23. The summed E-state index contributed by atoms with van der Waals surface area (Å²) in [4.78, 5) is 36.5. The van der Waals surface area contributed by atoms with Crippen LogP contribution in [0.15, 0.2) is 42.5 Å². The van der Waals surface area contributed by atoms with Gasteiger partial charge in [0.2, 0.25) is 5.91 Å². The van der Waals surface area contributed by atoms with Gasteiger partial charge in [-0.25, -0.2) is 0 Å². The molecule has 5 heteroatoms. The van der Waals surface area contributed by atoms with E-state index in [1.165, 1.54) is 11.1 Å². The summed E-state index contributed by atoms with van der Waals surface area (Å²) in [7, 11) is 0. The molecule has 0 bridgehead atoms. The standard InChI is InChI=1S/C23H24N2O3/c26-21(18-5-4-15-2-1-3-17(15)14-18)12-13-22(27)24-19-8-6-16(7-9-19)23(28)25-20-10-11-20/h4-9,14,20H,1-3,10-13H2,(H,24,27)(H,25,28). The predicted molar refractivity (Wildman–Crippen MR) is 108 cm³/mol. The van der Waals surface area contributed by atoms with Crippen LogP contribution < -0.4 is 10.6 Å². The molecular formula is C23H24N2O3. The SMILES string of the molecule is O=C(CCC(=O)c1ccc2c(c1)CCC2)Nc1ccc(C(=O)NC2CC2)cc1. The van der Waals surface area contributed by atoms with Gasteiger partial charge in [0.15, 0.2) is 5.78 Å². The van der Waals surface area contributed by atoms with Crippen molar-refractivity contribution in [1.29, 1.82) is 0 Å². The molecule has 28 heavy (non-hydrogen) atoms. The lowest BCUT2D eigenvalue weighted by atomic mass is 10.0. The summed E-state index contributed by atoms with van der Waals surface area (Å²) in [6.07, 6.45) is 5.69. The molecule has 0 saturated heterocycles. The smallest absolute Gasteiger partial charge is 0.251 e. The summed E-state index contributed by atoms with van der Waals surface area (Å²) in [5, 5.41) is 5.72. The molecule has 2 aromatic rings. The molecule has 0 unspecified atom stereocenters.